The third-order valence-electron chi connectivity index (χ3n) is 2.22. The molecule has 1 amide bonds. The molecule has 0 saturated carbocycles. The van der Waals surface area contributed by atoms with E-state index in [1.54, 1.807) is 20.8 Å². The van der Waals surface area contributed by atoms with E-state index >= 15 is 0 Å². The minimum atomic E-state index is -1.10. The Labute approximate surface area is 131 Å². The number of benzene rings is 1. The minimum absolute atomic E-state index is 0.422. The Morgan fingerprint density at radius 1 is 1.18 bits per heavy atom. The summed E-state index contributed by atoms with van der Waals surface area (Å²) in [7, 11) is 0. The summed E-state index contributed by atoms with van der Waals surface area (Å²) in [6.07, 6.45) is 2.94. The van der Waals surface area contributed by atoms with Crippen LogP contribution < -0.4 is 5.32 Å². The van der Waals surface area contributed by atoms with Gasteiger partial charge in [-0.1, -0.05) is 49.6 Å². The molecular formula is C17H23NO4. The van der Waals surface area contributed by atoms with Gasteiger partial charge in [-0.15, -0.1) is 0 Å². The molecule has 5 heteroatoms. The zero-order valence-electron chi connectivity index (χ0n) is 13.3. The van der Waals surface area contributed by atoms with E-state index in [-0.39, 0.29) is 0 Å². The highest BCUT2D eigenvalue weighted by Crippen LogP contribution is 2.10. The van der Waals surface area contributed by atoms with E-state index in [4.69, 9.17) is 9.84 Å². The Bertz CT molecular complexity index is 503. The van der Waals surface area contributed by atoms with E-state index in [1.165, 1.54) is 0 Å². The van der Waals surface area contributed by atoms with Gasteiger partial charge in [0.05, 0.1) is 0 Å². The van der Waals surface area contributed by atoms with Gasteiger partial charge in [-0.25, -0.2) is 4.79 Å². The number of ether oxygens (including phenoxy) is 1. The second kappa shape index (κ2) is 9.39. The molecule has 0 aliphatic rings. The molecule has 0 aliphatic carbocycles. The number of carboxylic acids is 1. The molecule has 0 bridgehead atoms. The summed E-state index contributed by atoms with van der Waals surface area (Å²) < 4.78 is 4.77. The van der Waals surface area contributed by atoms with Crippen LogP contribution in [-0.4, -0.2) is 29.3 Å². The Balaban J connectivity index is 0.000000406. The van der Waals surface area contributed by atoms with E-state index in [1.807, 2.05) is 36.4 Å². The number of carboxylic acid groups (broad SMARTS) is 1. The molecule has 0 aliphatic heterocycles. The van der Waals surface area contributed by atoms with Gasteiger partial charge in [0.1, 0.15) is 12.1 Å². The molecule has 0 atom stereocenters. The van der Waals surface area contributed by atoms with Crippen molar-refractivity contribution in [3.05, 3.63) is 48.6 Å². The fourth-order valence-electron chi connectivity index (χ4n) is 1.34. The molecule has 120 valence electrons. The molecule has 0 saturated heterocycles. The van der Waals surface area contributed by atoms with Crippen molar-refractivity contribution in [2.45, 2.75) is 26.4 Å². The molecule has 1 rings (SSSR count). The van der Waals surface area contributed by atoms with Crippen LogP contribution in [0.25, 0.3) is 12.2 Å². The molecule has 0 aromatic heterocycles. The van der Waals surface area contributed by atoms with Gasteiger partial charge in [0.15, 0.2) is 0 Å². The Kier molecular flexibility index (Phi) is 8.30. The van der Waals surface area contributed by atoms with Gasteiger partial charge in [-0.2, -0.15) is 0 Å². The quantitative estimate of drug-likeness (QED) is 0.891. The molecule has 1 aromatic carbocycles. The summed E-state index contributed by atoms with van der Waals surface area (Å²) in [6.45, 7) is 12.1. The Morgan fingerprint density at radius 2 is 1.64 bits per heavy atom. The minimum Gasteiger partial charge on any atom is -0.480 e. The first-order valence-electron chi connectivity index (χ1n) is 6.72. The van der Waals surface area contributed by atoms with Crippen molar-refractivity contribution in [3.8, 4) is 0 Å². The molecule has 5 nitrogen and oxygen atoms in total. The Morgan fingerprint density at radius 3 is 1.95 bits per heavy atom. The fraction of sp³-hybridized carbons (Fsp3) is 0.294. The summed E-state index contributed by atoms with van der Waals surface area (Å²) in [5, 5.41) is 10.3. The highest BCUT2D eigenvalue weighted by atomic mass is 16.6. The van der Waals surface area contributed by atoms with Crippen molar-refractivity contribution >= 4 is 24.2 Å². The molecule has 22 heavy (non-hydrogen) atoms. The Hall–Kier alpha value is -2.56. The van der Waals surface area contributed by atoms with Crippen LogP contribution in [0.3, 0.4) is 0 Å². The molecule has 0 spiro atoms. The first-order valence-corrected chi connectivity index (χ1v) is 6.72. The first kappa shape index (κ1) is 19.4. The number of hydrogen-bond acceptors (Lipinski definition) is 3. The summed E-state index contributed by atoms with van der Waals surface area (Å²) in [5.74, 6) is -1.10. The van der Waals surface area contributed by atoms with Gasteiger partial charge in [0.25, 0.3) is 0 Å². The van der Waals surface area contributed by atoms with Crippen LogP contribution in [0.5, 0.6) is 0 Å². The van der Waals surface area contributed by atoms with E-state index in [0.717, 1.165) is 11.1 Å². The van der Waals surface area contributed by atoms with Crippen molar-refractivity contribution in [1.29, 1.82) is 0 Å². The smallest absolute Gasteiger partial charge is 0.408 e. The maximum atomic E-state index is 10.8. The summed E-state index contributed by atoms with van der Waals surface area (Å²) in [5.41, 5.74) is 1.68. The number of hydrogen-bond donors (Lipinski definition) is 2. The largest absolute Gasteiger partial charge is 0.480 e. The second-order valence-corrected chi connectivity index (χ2v) is 5.29. The number of nitrogens with one attached hydrogen (secondary N) is 1. The van der Waals surface area contributed by atoms with Crippen molar-refractivity contribution in [2.75, 3.05) is 6.54 Å². The number of amides is 1. The van der Waals surface area contributed by atoms with E-state index in [2.05, 4.69) is 18.5 Å². The molecule has 0 fully saturated rings. The van der Waals surface area contributed by atoms with E-state index in [0.29, 0.717) is 0 Å². The zero-order chi connectivity index (χ0) is 17.2. The van der Waals surface area contributed by atoms with Crippen molar-refractivity contribution in [2.24, 2.45) is 0 Å². The lowest BCUT2D eigenvalue weighted by molar-refractivity contribution is -0.136. The molecule has 0 radical (unpaired) electrons. The molecule has 0 heterocycles. The van der Waals surface area contributed by atoms with Gasteiger partial charge in [-0.3, -0.25) is 4.79 Å². The predicted octanol–water partition coefficient (Wildman–Crippen LogP) is 3.57. The van der Waals surface area contributed by atoms with Crippen LogP contribution in [0, 0.1) is 0 Å². The lowest BCUT2D eigenvalue weighted by Gasteiger charge is -2.19. The monoisotopic (exact) mass is 305 g/mol. The highest BCUT2D eigenvalue weighted by Gasteiger charge is 2.16. The third kappa shape index (κ3) is 9.36. The van der Waals surface area contributed by atoms with Crippen LogP contribution in [-0.2, 0) is 9.53 Å². The van der Waals surface area contributed by atoms with Crippen LogP contribution in [0.2, 0.25) is 0 Å². The summed E-state index contributed by atoms with van der Waals surface area (Å²) in [4.78, 5) is 20.8. The molecule has 2 N–H and O–H groups in total. The fourth-order valence-corrected chi connectivity index (χ4v) is 1.34. The number of aliphatic carboxylic acids is 1. The maximum absolute atomic E-state index is 10.8. The number of carbonyl (C=O) groups is 2. The number of carbonyl (C=O) groups excluding carboxylic acids is 1. The average Bonchev–Trinajstić information content (AvgIpc) is 2.44. The van der Waals surface area contributed by atoms with Gasteiger partial charge in [-0.05, 0) is 31.9 Å². The van der Waals surface area contributed by atoms with Crippen LogP contribution in [0.4, 0.5) is 4.79 Å². The van der Waals surface area contributed by atoms with E-state index < -0.39 is 24.2 Å². The third-order valence-corrected chi connectivity index (χ3v) is 2.22. The predicted molar refractivity (Wildman–Crippen MR) is 88.5 cm³/mol. The van der Waals surface area contributed by atoms with Crippen LogP contribution in [0.1, 0.15) is 31.9 Å². The molecular weight excluding hydrogens is 282 g/mol. The lowest BCUT2D eigenvalue weighted by atomic mass is 10.1. The SMILES string of the molecule is C=Cc1ccccc1C=C.CC(C)(C)OC(=O)NCC(=O)O. The topological polar surface area (TPSA) is 75.6 Å². The van der Waals surface area contributed by atoms with Crippen LogP contribution in [0.15, 0.2) is 37.4 Å². The van der Waals surface area contributed by atoms with Crippen molar-refractivity contribution in [3.63, 3.8) is 0 Å². The first-order chi connectivity index (χ1) is 10.2. The normalized spacial score (nSPS) is 9.77. The number of rotatable bonds is 4. The van der Waals surface area contributed by atoms with Crippen molar-refractivity contribution in [1.82, 2.24) is 5.32 Å². The van der Waals surface area contributed by atoms with Gasteiger partial charge in [0.2, 0.25) is 0 Å². The maximum Gasteiger partial charge on any atom is 0.408 e. The zero-order valence-corrected chi connectivity index (χ0v) is 13.3. The van der Waals surface area contributed by atoms with Gasteiger partial charge >= 0.3 is 12.1 Å². The summed E-state index contributed by atoms with van der Waals surface area (Å²) >= 11 is 0. The van der Waals surface area contributed by atoms with Crippen molar-refractivity contribution < 1.29 is 19.4 Å². The number of alkyl carbamates (subject to hydrolysis) is 1. The molecule has 1 aromatic rings. The molecule has 0 unspecified atom stereocenters. The average molecular weight is 305 g/mol. The second-order valence-electron chi connectivity index (χ2n) is 5.29. The lowest BCUT2D eigenvalue weighted by Crippen LogP contribution is -2.35. The van der Waals surface area contributed by atoms with Gasteiger partial charge in [0, 0.05) is 0 Å². The van der Waals surface area contributed by atoms with Crippen LogP contribution >= 0.6 is 0 Å². The highest BCUT2D eigenvalue weighted by molar-refractivity contribution is 5.76. The summed E-state index contributed by atoms with van der Waals surface area (Å²) in [6, 6.07) is 8.02. The van der Waals surface area contributed by atoms with Gasteiger partial charge < -0.3 is 15.2 Å². The standard InChI is InChI=1S/C10H10.C7H13NO4/c1-3-9-7-5-6-8-10(9)4-2;1-7(2,3)12-6(11)8-4-5(9)10/h3-8H,1-2H2;4H2,1-3H3,(H,8,11)(H,9,10). The van der Waals surface area contributed by atoms with E-state index in [9.17, 15) is 9.59 Å².